The lowest BCUT2D eigenvalue weighted by Crippen LogP contribution is -2.60. The molecule has 1 aliphatic rings. The minimum Gasteiger partial charge on any atom is -0.475 e. The number of aromatic amines is 1. The first kappa shape index (κ1) is 67.4. The fourth-order valence-corrected chi connectivity index (χ4v) is 10.2. The van der Waals surface area contributed by atoms with Crippen LogP contribution in [0.5, 0.6) is 0 Å². The van der Waals surface area contributed by atoms with Crippen molar-refractivity contribution in [2.75, 3.05) is 47.9 Å². The van der Waals surface area contributed by atoms with Gasteiger partial charge in [0.25, 0.3) is 0 Å². The molecule has 0 aliphatic carbocycles. The number of hydrogen-bond acceptors (Lipinski definition) is 13. The molecule has 0 bridgehead atoms. The summed E-state index contributed by atoms with van der Waals surface area (Å²) in [5.74, 6) is -6.77. The number of nitrogens with two attached hydrogens (primary N) is 2. The van der Waals surface area contributed by atoms with Crippen molar-refractivity contribution in [2.24, 2.45) is 35.1 Å². The van der Waals surface area contributed by atoms with Gasteiger partial charge >= 0.3 is 12.1 Å². The number of hydrazine groups is 1. The van der Waals surface area contributed by atoms with Crippen LogP contribution < -0.4 is 33.0 Å². The molecular weight excluding hydrogens is 1010 g/mol. The van der Waals surface area contributed by atoms with E-state index in [-0.39, 0.29) is 54.7 Å². The molecule has 1 saturated heterocycles. The van der Waals surface area contributed by atoms with E-state index >= 15 is 0 Å². The third kappa shape index (κ3) is 20.9. The Labute approximate surface area is 451 Å². The van der Waals surface area contributed by atoms with Crippen molar-refractivity contribution in [2.45, 2.75) is 168 Å². The quantitative estimate of drug-likeness (QED) is 0.0408. The maximum Gasteiger partial charge on any atom is 0.490 e. The number of likely N-dealkylation sites (N-methyl/N-ethyl adjacent to an activating group) is 2. The number of H-pyrrole nitrogens is 1. The molecule has 0 spiro atoms. The van der Waals surface area contributed by atoms with Gasteiger partial charge in [-0.1, -0.05) is 79.5 Å². The number of carboxylic acids is 1. The van der Waals surface area contributed by atoms with Gasteiger partial charge in [-0.25, -0.2) is 4.79 Å². The molecule has 7 amide bonds. The number of carboxylic acid groups (broad SMARTS) is 1. The van der Waals surface area contributed by atoms with E-state index < -0.39 is 84.1 Å². The second-order valence-corrected chi connectivity index (χ2v) is 20.6. The van der Waals surface area contributed by atoms with E-state index in [9.17, 15) is 46.7 Å². The molecule has 1 aromatic heterocycles. The Kier molecular flexibility index (Phi) is 28.8. The molecule has 1 aromatic carbocycles. The number of benzene rings is 1. The van der Waals surface area contributed by atoms with Crippen LogP contribution in [-0.2, 0) is 54.3 Å². The Bertz CT molecular complexity index is 2230. The Morgan fingerprint density at radius 1 is 0.857 bits per heavy atom. The van der Waals surface area contributed by atoms with Gasteiger partial charge in [-0.3, -0.25) is 59.5 Å². The van der Waals surface area contributed by atoms with Crippen LogP contribution in [0.15, 0.2) is 30.5 Å². The van der Waals surface area contributed by atoms with Gasteiger partial charge in [-0.15, -0.1) is 0 Å². The van der Waals surface area contributed by atoms with Crippen molar-refractivity contribution in [1.29, 1.82) is 0 Å². The molecule has 10 N–H and O–H groups in total. The molecule has 3 rings (SSSR count). The van der Waals surface area contributed by atoms with E-state index in [1.807, 2.05) is 81.9 Å². The lowest BCUT2D eigenvalue weighted by Gasteiger charge is -2.43. The van der Waals surface area contributed by atoms with Crippen LogP contribution in [0.3, 0.4) is 0 Å². The molecule has 2 heterocycles. The van der Waals surface area contributed by atoms with E-state index in [2.05, 4.69) is 33.4 Å². The number of unbranched alkanes of at least 4 members (excludes halogenated alkanes) is 2. The van der Waals surface area contributed by atoms with Crippen molar-refractivity contribution in [1.82, 2.24) is 41.2 Å². The topological polar surface area (TPSA) is 301 Å². The number of primary amides is 1. The Morgan fingerprint density at radius 2 is 1.44 bits per heavy atom. The highest BCUT2D eigenvalue weighted by Gasteiger charge is 2.44. The van der Waals surface area contributed by atoms with E-state index in [0.717, 1.165) is 29.3 Å². The molecule has 9 atom stereocenters. The van der Waals surface area contributed by atoms with E-state index in [0.29, 0.717) is 58.2 Å². The predicted octanol–water partition coefficient (Wildman–Crippen LogP) is 3.78. The number of alkyl halides is 3. The summed E-state index contributed by atoms with van der Waals surface area (Å²) in [4.78, 5) is 111. The van der Waals surface area contributed by atoms with Crippen molar-refractivity contribution in [3.8, 4) is 0 Å². The summed E-state index contributed by atoms with van der Waals surface area (Å²) in [6.07, 6.45) is 0.774. The third-order valence-corrected chi connectivity index (χ3v) is 14.3. The molecule has 2 aromatic rings. The number of para-hydroxylation sites is 1. The van der Waals surface area contributed by atoms with Crippen LogP contribution in [-0.4, -0.2) is 169 Å². The molecular formula is C53H87F3N10O11. The van der Waals surface area contributed by atoms with Gasteiger partial charge in [0.15, 0.2) is 0 Å². The number of aliphatic carboxylic acids is 1. The smallest absolute Gasteiger partial charge is 0.475 e. The molecule has 0 saturated carbocycles. The Morgan fingerprint density at radius 3 is 1.97 bits per heavy atom. The van der Waals surface area contributed by atoms with Crippen LogP contribution >= 0.6 is 0 Å². The van der Waals surface area contributed by atoms with E-state index in [4.69, 9.17) is 30.8 Å². The molecule has 0 unspecified atom stereocenters. The number of hydrogen-bond donors (Lipinski definition) is 8. The van der Waals surface area contributed by atoms with Crippen LogP contribution in [0.25, 0.3) is 10.9 Å². The highest BCUT2D eigenvalue weighted by atomic mass is 19.4. The first-order chi connectivity index (χ1) is 36.2. The molecule has 1 aliphatic heterocycles. The zero-order valence-electron chi connectivity index (χ0n) is 46.8. The normalized spacial score (nSPS) is 16.9. The van der Waals surface area contributed by atoms with Crippen LogP contribution in [0.4, 0.5) is 13.2 Å². The van der Waals surface area contributed by atoms with Crippen molar-refractivity contribution >= 4 is 58.2 Å². The minimum atomic E-state index is -5.08. The van der Waals surface area contributed by atoms with Crippen LogP contribution in [0.2, 0.25) is 0 Å². The Hall–Kier alpha value is -5.69. The number of methoxy groups -OCH3 is 2. The number of carbonyl (C=O) groups excluding carboxylic acids is 7. The summed E-state index contributed by atoms with van der Waals surface area (Å²) in [5.41, 5.74) is 18.0. The highest BCUT2D eigenvalue weighted by molar-refractivity contribution is 6.00. The molecule has 1 fully saturated rings. The molecule has 24 heteroatoms. The highest BCUT2D eigenvalue weighted by Crippen LogP contribution is 2.31. The number of carbonyl (C=O) groups is 8. The average molecular weight is 1100 g/mol. The molecule has 21 nitrogen and oxygen atoms in total. The number of likely N-dealkylation sites (tertiary alicyclic amines) is 1. The number of nitrogens with zero attached hydrogens (tertiary/aromatic N) is 3. The maximum atomic E-state index is 14.5. The van der Waals surface area contributed by atoms with Crippen molar-refractivity contribution in [3.05, 3.63) is 36.0 Å². The van der Waals surface area contributed by atoms with Gasteiger partial charge in [-0.05, 0) is 88.7 Å². The third-order valence-electron chi connectivity index (χ3n) is 14.3. The summed E-state index contributed by atoms with van der Waals surface area (Å²) < 4.78 is 43.9. The number of rotatable bonds is 30. The van der Waals surface area contributed by atoms with Gasteiger partial charge in [-0.2, -0.15) is 13.2 Å². The van der Waals surface area contributed by atoms with E-state index in [1.54, 1.807) is 26.0 Å². The van der Waals surface area contributed by atoms with Crippen molar-refractivity contribution < 1.29 is 66.1 Å². The number of aromatic nitrogens is 1. The van der Waals surface area contributed by atoms with Gasteiger partial charge in [0.05, 0.1) is 42.7 Å². The summed E-state index contributed by atoms with van der Waals surface area (Å²) in [6.45, 7) is 14.9. The molecule has 436 valence electrons. The molecule has 0 radical (unpaired) electrons. The second kappa shape index (κ2) is 32.9. The van der Waals surface area contributed by atoms with Gasteiger partial charge in [0.1, 0.15) is 6.04 Å². The number of amides is 7. The number of ether oxygens (including phenoxy) is 2. The monoisotopic (exact) mass is 1100 g/mol. The SMILES string of the molecule is CC[C@H](C)[C@@H]([C@@H](CC(=O)N1CCC[C@H]1[C@H](OC)[C@@H](C)C(=O)N[C@@H](Cc1c[nH]c2ccccc12)C(N)=O)OC)N(C)[C@H](C(=O)NC(=O)[C@H](C(C)C)N(C)CCCC(=O)NNC(=O)CCCCCN)C(C)C.O=C(O)C(F)(F)F. The fourth-order valence-electron chi connectivity index (χ4n) is 10.2. The van der Waals surface area contributed by atoms with Crippen molar-refractivity contribution in [3.63, 3.8) is 0 Å². The molecule has 77 heavy (non-hydrogen) atoms. The lowest BCUT2D eigenvalue weighted by atomic mass is 9.87. The number of imide groups is 1. The van der Waals surface area contributed by atoms with Gasteiger partial charge in [0.2, 0.25) is 41.4 Å². The van der Waals surface area contributed by atoms with E-state index in [1.165, 1.54) is 7.11 Å². The van der Waals surface area contributed by atoms with Gasteiger partial charge in [0, 0.05) is 63.2 Å². The van der Waals surface area contributed by atoms with Crippen LogP contribution in [0.1, 0.15) is 118 Å². The predicted molar refractivity (Wildman–Crippen MR) is 284 cm³/mol. The summed E-state index contributed by atoms with van der Waals surface area (Å²) >= 11 is 0. The largest absolute Gasteiger partial charge is 0.490 e. The summed E-state index contributed by atoms with van der Waals surface area (Å²) in [6, 6.07) is 4.40. The number of nitrogens with one attached hydrogen (secondary N) is 5. The Balaban J connectivity index is 0.00000270. The minimum absolute atomic E-state index is 0.0110. The second-order valence-electron chi connectivity index (χ2n) is 20.6. The maximum absolute atomic E-state index is 14.5. The standard InChI is InChI=1S/C51H86N10O9.C2HF3O2/c1-12-33(6)46(60(9)45(32(4)5)51(68)56-50(67)44(31(2)3)59(8)26-19-24-42(63)58-57-41(62)23-14-13-17-25-52)40(69-10)29-43(64)61-27-18-22-39(61)47(70-11)34(7)49(66)55-38(48(53)65)28-35-30-54-37-21-16-15-20-36(35)37;3-2(4,5)1(6)7/h15-16,20-21,30-34,38-40,44-47,54H,12-14,17-19,22-29,52H2,1-11H3,(H2,53,65)(H,55,66)(H,57,62)(H,58,63)(H,56,67,68);(H,6,7)/t33-,34+,38-,39-,40+,44-,45-,46-,47+;/m0./s1. The summed E-state index contributed by atoms with van der Waals surface area (Å²) in [7, 11) is 6.69. The zero-order valence-corrected chi connectivity index (χ0v) is 46.8. The first-order valence-electron chi connectivity index (χ1n) is 26.5. The van der Waals surface area contributed by atoms with Crippen LogP contribution in [0, 0.1) is 23.7 Å². The number of fused-ring (bicyclic) bond motifs is 1. The fraction of sp³-hybridized carbons (Fsp3) is 0.698. The zero-order chi connectivity index (χ0) is 58.3. The average Bonchev–Trinajstić information content (AvgIpc) is 4.01. The first-order valence-corrected chi connectivity index (χ1v) is 26.5. The lowest BCUT2D eigenvalue weighted by molar-refractivity contribution is -0.192. The summed E-state index contributed by atoms with van der Waals surface area (Å²) in [5, 5.41) is 13.6. The van der Waals surface area contributed by atoms with Gasteiger partial charge < -0.3 is 41.2 Å². The number of halogens is 3.